The first-order valence-corrected chi connectivity index (χ1v) is 10.9. The summed E-state index contributed by atoms with van der Waals surface area (Å²) in [7, 11) is 0. The summed E-state index contributed by atoms with van der Waals surface area (Å²) in [5, 5.41) is 5.96. The second kappa shape index (κ2) is 7.48. The third-order valence-electron chi connectivity index (χ3n) is 6.23. The number of hydrogen-bond acceptors (Lipinski definition) is 4. The molecule has 1 spiro atoms. The Hall–Kier alpha value is -2.67. The van der Waals surface area contributed by atoms with Crippen LogP contribution in [0.5, 0.6) is 0 Å². The first-order chi connectivity index (χ1) is 14.5. The first kappa shape index (κ1) is 21.6. The molecule has 1 aromatic rings. The minimum absolute atomic E-state index is 0.198. The highest BCUT2D eigenvalue weighted by atomic mass is 16.5. The molecule has 0 radical (unpaired) electrons. The Morgan fingerprint density at radius 1 is 1.16 bits per heavy atom. The highest BCUT2D eigenvalue weighted by Gasteiger charge is 2.73. The molecule has 3 amide bonds. The van der Waals surface area contributed by atoms with Crippen molar-refractivity contribution >= 4 is 17.7 Å². The van der Waals surface area contributed by atoms with E-state index in [0.717, 1.165) is 5.56 Å². The molecule has 3 aliphatic heterocycles. The molecule has 0 unspecified atom stereocenters. The van der Waals surface area contributed by atoms with Crippen molar-refractivity contribution in [1.29, 1.82) is 0 Å². The van der Waals surface area contributed by atoms with Gasteiger partial charge in [-0.25, -0.2) is 0 Å². The van der Waals surface area contributed by atoms with Crippen molar-refractivity contribution in [2.45, 2.75) is 70.5 Å². The van der Waals surface area contributed by atoms with Gasteiger partial charge in [-0.2, -0.15) is 0 Å². The van der Waals surface area contributed by atoms with Gasteiger partial charge in [0.1, 0.15) is 11.6 Å². The summed E-state index contributed by atoms with van der Waals surface area (Å²) < 4.78 is 6.27. The molecule has 2 fully saturated rings. The molecular formula is C24H31N3O4. The smallest absolute Gasteiger partial charge is 0.246 e. The van der Waals surface area contributed by atoms with E-state index in [1.54, 1.807) is 4.90 Å². The van der Waals surface area contributed by atoms with Crippen LogP contribution in [0.15, 0.2) is 42.5 Å². The zero-order valence-electron chi connectivity index (χ0n) is 18.7. The van der Waals surface area contributed by atoms with Gasteiger partial charge in [-0.3, -0.25) is 14.4 Å². The van der Waals surface area contributed by atoms with Gasteiger partial charge in [0, 0.05) is 18.1 Å². The van der Waals surface area contributed by atoms with E-state index in [4.69, 9.17) is 4.74 Å². The van der Waals surface area contributed by atoms with E-state index < -0.39 is 35.1 Å². The van der Waals surface area contributed by atoms with Crippen molar-refractivity contribution in [3.05, 3.63) is 48.0 Å². The lowest BCUT2D eigenvalue weighted by atomic mass is 9.74. The maximum atomic E-state index is 13.5. The minimum atomic E-state index is -1.11. The number of hydrogen-bond donors (Lipinski definition) is 2. The molecule has 7 heteroatoms. The van der Waals surface area contributed by atoms with Crippen molar-refractivity contribution in [3.8, 4) is 0 Å². The average Bonchev–Trinajstić information content (AvgIpc) is 3.32. The van der Waals surface area contributed by atoms with Gasteiger partial charge in [-0.1, -0.05) is 42.5 Å². The predicted molar refractivity (Wildman–Crippen MR) is 116 cm³/mol. The van der Waals surface area contributed by atoms with Crippen LogP contribution in [0.25, 0.3) is 0 Å². The molecule has 2 saturated heterocycles. The van der Waals surface area contributed by atoms with Crippen LogP contribution in [0.2, 0.25) is 0 Å². The number of likely N-dealkylation sites (tertiary alicyclic amines) is 1. The zero-order chi connectivity index (χ0) is 22.6. The van der Waals surface area contributed by atoms with E-state index >= 15 is 0 Å². The molecule has 0 saturated carbocycles. The standard InChI is InChI=1S/C24H31N3O4/c1-14(2)27-19(21(29)26-23(3,4)5)24-12-11-16(31-24)17(18(24)22(27)30)20(28)25-13-15-9-7-6-8-10-15/h6-12,14,16-19H,13H2,1-5H3,(H,25,28)(H,26,29)/t16-,17+,18+,19+,24+/m1/s1. The Morgan fingerprint density at radius 2 is 1.84 bits per heavy atom. The maximum absolute atomic E-state index is 13.5. The zero-order valence-corrected chi connectivity index (χ0v) is 18.7. The second-order valence-corrected chi connectivity index (χ2v) is 9.98. The molecule has 7 nitrogen and oxygen atoms in total. The molecule has 31 heavy (non-hydrogen) atoms. The topological polar surface area (TPSA) is 87.7 Å². The molecular weight excluding hydrogens is 394 g/mol. The van der Waals surface area contributed by atoms with Crippen molar-refractivity contribution in [3.63, 3.8) is 0 Å². The number of rotatable bonds is 5. The molecule has 1 aromatic carbocycles. The highest BCUT2D eigenvalue weighted by Crippen LogP contribution is 2.55. The van der Waals surface area contributed by atoms with Crippen molar-refractivity contribution in [2.24, 2.45) is 11.8 Å². The highest BCUT2D eigenvalue weighted by molar-refractivity contribution is 6.00. The van der Waals surface area contributed by atoms with Gasteiger partial charge in [0.2, 0.25) is 17.7 Å². The summed E-state index contributed by atoms with van der Waals surface area (Å²) in [6, 6.07) is 8.62. The number of carbonyl (C=O) groups excluding carboxylic acids is 3. The fraction of sp³-hybridized carbons (Fsp3) is 0.542. The average molecular weight is 426 g/mol. The fourth-order valence-electron chi connectivity index (χ4n) is 5.10. The van der Waals surface area contributed by atoms with E-state index in [1.807, 2.05) is 77.1 Å². The van der Waals surface area contributed by atoms with Crippen LogP contribution in [-0.4, -0.2) is 51.9 Å². The van der Waals surface area contributed by atoms with Gasteiger partial charge in [0.25, 0.3) is 0 Å². The largest absolute Gasteiger partial charge is 0.359 e. The maximum Gasteiger partial charge on any atom is 0.246 e. The molecule has 0 aliphatic carbocycles. The monoisotopic (exact) mass is 425 g/mol. The third-order valence-corrected chi connectivity index (χ3v) is 6.23. The number of fused-ring (bicyclic) bond motifs is 1. The van der Waals surface area contributed by atoms with E-state index in [1.165, 1.54) is 0 Å². The molecule has 3 aliphatic rings. The Kier molecular flexibility index (Phi) is 5.20. The lowest BCUT2D eigenvalue weighted by molar-refractivity contribution is -0.144. The van der Waals surface area contributed by atoms with Crippen molar-refractivity contribution in [2.75, 3.05) is 0 Å². The fourth-order valence-corrected chi connectivity index (χ4v) is 5.10. The van der Waals surface area contributed by atoms with Crippen LogP contribution in [0.3, 0.4) is 0 Å². The Labute approximate surface area is 183 Å². The number of nitrogens with zero attached hydrogens (tertiary/aromatic N) is 1. The number of carbonyl (C=O) groups is 3. The number of amides is 3. The van der Waals surface area contributed by atoms with Crippen molar-refractivity contribution < 1.29 is 19.1 Å². The summed E-state index contributed by atoms with van der Waals surface area (Å²) in [5.41, 5.74) is -0.588. The van der Waals surface area contributed by atoms with E-state index in [-0.39, 0.29) is 23.8 Å². The second-order valence-electron chi connectivity index (χ2n) is 9.98. The third kappa shape index (κ3) is 3.55. The number of nitrogens with one attached hydrogen (secondary N) is 2. The van der Waals surface area contributed by atoms with E-state index in [0.29, 0.717) is 6.54 Å². The van der Waals surface area contributed by atoms with E-state index in [9.17, 15) is 14.4 Å². The summed E-state index contributed by atoms with van der Waals surface area (Å²) in [6.45, 7) is 9.85. The Morgan fingerprint density at radius 3 is 2.45 bits per heavy atom. The van der Waals surface area contributed by atoms with Gasteiger partial charge in [-0.15, -0.1) is 0 Å². The van der Waals surface area contributed by atoms with Gasteiger partial charge in [0.05, 0.1) is 17.9 Å². The minimum Gasteiger partial charge on any atom is -0.359 e. The molecule has 2 N–H and O–H groups in total. The molecule has 3 heterocycles. The Bertz CT molecular complexity index is 921. The predicted octanol–water partition coefficient (Wildman–Crippen LogP) is 1.78. The van der Waals surface area contributed by atoms with Crippen LogP contribution >= 0.6 is 0 Å². The molecule has 2 bridgehead atoms. The molecule has 4 rings (SSSR count). The van der Waals surface area contributed by atoms with Crippen LogP contribution in [0, 0.1) is 11.8 Å². The molecule has 166 valence electrons. The van der Waals surface area contributed by atoms with Crippen LogP contribution < -0.4 is 10.6 Å². The van der Waals surface area contributed by atoms with Crippen LogP contribution in [-0.2, 0) is 25.7 Å². The summed E-state index contributed by atoms with van der Waals surface area (Å²) in [4.78, 5) is 41.6. The van der Waals surface area contributed by atoms with E-state index in [2.05, 4.69) is 10.6 Å². The Balaban J connectivity index is 1.62. The summed E-state index contributed by atoms with van der Waals surface area (Å²) in [6.07, 6.45) is 3.15. The number of benzene rings is 1. The lowest BCUT2D eigenvalue weighted by Gasteiger charge is -2.36. The summed E-state index contributed by atoms with van der Waals surface area (Å²) in [5.74, 6) is -2.05. The van der Waals surface area contributed by atoms with Gasteiger partial charge in [-0.05, 0) is 40.2 Å². The van der Waals surface area contributed by atoms with Gasteiger partial charge >= 0.3 is 0 Å². The quantitative estimate of drug-likeness (QED) is 0.704. The SMILES string of the molecule is CC(C)N1C(=O)[C@@H]2[C@@H](C(=O)NCc3ccccc3)[C@H]3C=C[C@@]2(O3)[C@@H]1C(=O)NC(C)(C)C. The molecule has 0 aromatic heterocycles. The van der Waals surface area contributed by atoms with Crippen LogP contribution in [0.1, 0.15) is 40.2 Å². The lowest BCUT2D eigenvalue weighted by Crippen LogP contribution is -2.59. The molecule has 5 atom stereocenters. The van der Waals surface area contributed by atoms with Crippen molar-refractivity contribution in [1.82, 2.24) is 15.5 Å². The van der Waals surface area contributed by atoms with Gasteiger partial charge < -0.3 is 20.3 Å². The first-order valence-electron chi connectivity index (χ1n) is 10.9. The normalized spacial score (nSPS) is 31.3. The summed E-state index contributed by atoms with van der Waals surface area (Å²) >= 11 is 0. The van der Waals surface area contributed by atoms with Gasteiger partial charge in [0.15, 0.2) is 0 Å². The number of ether oxygens (including phenoxy) is 1. The van der Waals surface area contributed by atoms with Crippen LogP contribution in [0.4, 0.5) is 0 Å².